The van der Waals surface area contributed by atoms with Crippen molar-refractivity contribution < 1.29 is 4.74 Å². The molecule has 2 aliphatic heterocycles. The molecule has 0 bridgehead atoms. The molecule has 0 N–H and O–H groups in total. The zero-order chi connectivity index (χ0) is 13.1. The van der Waals surface area contributed by atoms with Crippen molar-refractivity contribution >= 4 is 89.6 Å². The lowest BCUT2D eigenvalue weighted by Crippen LogP contribution is -2.05. The van der Waals surface area contributed by atoms with Crippen LogP contribution in [0.15, 0.2) is 4.52 Å². The Labute approximate surface area is 132 Å². The van der Waals surface area contributed by atoms with Crippen LogP contribution in [0.25, 0.3) is 0 Å². The van der Waals surface area contributed by atoms with Crippen molar-refractivity contribution in [3.63, 3.8) is 0 Å². The quantitative estimate of drug-likeness (QED) is 0.310. The monoisotopic (exact) mass is 417 g/mol. The third-order valence-electron chi connectivity index (χ3n) is 1.62. The molecule has 2 heterocycles. The minimum absolute atomic E-state index is 1.00. The van der Waals surface area contributed by atoms with Crippen LogP contribution in [0.2, 0.25) is 0 Å². The molecule has 1 saturated heterocycles. The molecule has 0 amide bonds. The maximum Gasteiger partial charge on any atom is 0.231 e. The molecule has 1 fully saturated rings. The van der Waals surface area contributed by atoms with Gasteiger partial charge in [-0.3, -0.25) is 0 Å². The Kier molecular flexibility index (Phi) is 8.59. The van der Waals surface area contributed by atoms with E-state index >= 15 is 0 Å². The summed E-state index contributed by atoms with van der Waals surface area (Å²) in [5.41, 5.74) is 0. The summed E-state index contributed by atoms with van der Waals surface area (Å²) in [6.45, 7) is 2.00. The number of rotatable bonds is 0. The van der Waals surface area contributed by atoms with Gasteiger partial charge in [-0.25, -0.2) is 4.52 Å². The van der Waals surface area contributed by atoms with Gasteiger partial charge in [0.15, 0.2) is 7.58 Å². The minimum atomic E-state index is -2.74. The first-order chi connectivity index (χ1) is 7.86. The summed E-state index contributed by atoms with van der Waals surface area (Å²) in [5, 5.41) is 0. The van der Waals surface area contributed by atoms with Crippen molar-refractivity contribution in [2.75, 3.05) is 13.2 Å². The summed E-state index contributed by atoms with van der Waals surface area (Å²) >= 11 is 34.3. The Balaban J connectivity index is 0.000000239. The van der Waals surface area contributed by atoms with E-state index in [1.807, 2.05) is 0 Å². The van der Waals surface area contributed by atoms with Gasteiger partial charge in [-0.05, 0) is 70.1 Å². The van der Waals surface area contributed by atoms with Gasteiger partial charge in [0.25, 0.3) is 0 Å². The molecule has 0 radical (unpaired) electrons. The molecule has 0 aliphatic carbocycles. The Hall–Kier alpha value is 2.71. The van der Waals surface area contributed by atoms with Crippen LogP contribution < -0.4 is 0 Å². The summed E-state index contributed by atoms with van der Waals surface area (Å²) in [7, 11) is -2.94. The fourth-order valence-electron chi connectivity index (χ4n) is 0.876. The van der Waals surface area contributed by atoms with Crippen molar-refractivity contribution in [2.24, 2.45) is 4.52 Å². The normalized spacial score (nSPS) is 33.8. The van der Waals surface area contributed by atoms with Gasteiger partial charge in [0.05, 0.1) is 0 Å². The maximum atomic E-state index is 5.78. The summed E-state index contributed by atoms with van der Waals surface area (Å²) in [6.07, 6.45) is 2.56. The van der Waals surface area contributed by atoms with E-state index in [-0.39, 0.29) is 0 Å². The summed E-state index contributed by atoms with van der Waals surface area (Å²) in [5.74, 6) is -2.74. The Bertz CT molecular complexity index is 293. The molecule has 13 heteroatoms. The molecule has 2 rings (SSSR count). The zero-order valence-electron chi connectivity index (χ0n) is 8.19. The summed E-state index contributed by atoms with van der Waals surface area (Å²) in [6, 6.07) is 0. The van der Waals surface area contributed by atoms with E-state index in [0.29, 0.717) is 0 Å². The van der Waals surface area contributed by atoms with E-state index in [4.69, 9.17) is 73.3 Å². The Morgan fingerprint density at radius 1 is 1.12 bits per heavy atom. The first kappa shape index (κ1) is 17.8. The van der Waals surface area contributed by atoms with E-state index in [9.17, 15) is 0 Å². The van der Waals surface area contributed by atoms with Crippen LogP contribution in [0.5, 0.6) is 0 Å². The first-order valence-electron chi connectivity index (χ1n) is 4.29. The SMILES string of the molecule is C1CCOC1.ClN1P(Cl)N=P(Cl)(Cl)N(Cl)P1Cl. The standard InChI is InChI=1S/C4H8O.Cl6N3P3/c1-2-4-5-3-1;1-8-10(3)7-12(5,6)9(2)11(8)4/h1-4H2;. The molecular formula is C4H8Cl6N3OP3. The fraction of sp³-hybridized carbons (Fsp3) is 1.00. The van der Waals surface area contributed by atoms with Crippen molar-refractivity contribution in [3.05, 3.63) is 0 Å². The van der Waals surface area contributed by atoms with Gasteiger partial charge in [0.2, 0.25) is 13.5 Å². The van der Waals surface area contributed by atoms with Gasteiger partial charge in [-0.2, -0.15) is 0 Å². The van der Waals surface area contributed by atoms with Crippen LogP contribution in [0, 0.1) is 0 Å². The highest BCUT2D eigenvalue weighted by Crippen LogP contribution is 2.85. The summed E-state index contributed by atoms with van der Waals surface area (Å²) in [4.78, 5) is 0. The largest absolute Gasteiger partial charge is 0.381 e. The highest BCUT2D eigenvalue weighted by molar-refractivity contribution is 8.18. The van der Waals surface area contributed by atoms with E-state index in [1.54, 1.807) is 0 Å². The minimum Gasteiger partial charge on any atom is -0.381 e. The zero-order valence-corrected chi connectivity index (χ0v) is 15.4. The highest BCUT2D eigenvalue weighted by Gasteiger charge is 2.41. The number of halogens is 6. The average Bonchev–Trinajstić information content (AvgIpc) is 2.82. The molecule has 0 aromatic heterocycles. The Morgan fingerprint density at radius 2 is 1.65 bits per heavy atom. The topological polar surface area (TPSA) is 28.1 Å². The number of ether oxygens (including phenoxy) is 1. The van der Waals surface area contributed by atoms with Gasteiger partial charge in [-0.1, -0.05) is 11.2 Å². The van der Waals surface area contributed by atoms with Gasteiger partial charge < -0.3 is 4.74 Å². The lowest BCUT2D eigenvalue weighted by atomic mass is 10.4. The molecule has 0 saturated carbocycles. The van der Waals surface area contributed by atoms with Crippen molar-refractivity contribution in [1.29, 1.82) is 0 Å². The predicted molar refractivity (Wildman–Crippen MR) is 82.0 cm³/mol. The smallest absolute Gasteiger partial charge is 0.231 e. The van der Waals surface area contributed by atoms with Crippen LogP contribution in [-0.2, 0) is 4.74 Å². The second kappa shape index (κ2) is 8.23. The van der Waals surface area contributed by atoms with Crippen LogP contribution in [0.4, 0.5) is 0 Å². The van der Waals surface area contributed by atoms with Crippen molar-refractivity contribution in [1.82, 2.24) is 7.92 Å². The van der Waals surface area contributed by atoms with E-state index < -0.39 is 21.1 Å². The third-order valence-corrected chi connectivity index (χ3v) is 15.4. The number of hydrogen-bond acceptors (Lipinski definition) is 4. The van der Waals surface area contributed by atoms with E-state index in [2.05, 4.69) is 4.52 Å². The molecule has 2 unspecified atom stereocenters. The van der Waals surface area contributed by atoms with Gasteiger partial charge in [-0.15, -0.1) is 7.92 Å². The maximum absolute atomic E-state index is 5.78. The van der Waals surface area contributed by atoms with Gasteiger partial charge in [0, 0.05) is 13.2 Å². The van der Waals surface area contributed by atoms with E-state index in [0.717, 1.165) is 21.1 Å². The molecule has 0 aromatic rings. The Morgan fingerprint density at radius 3 is 2.06 bits per heavy atom. The predicted octanol–water partition coefficient (Wildman–Crippen LogP) is 7.06. The molecule has 0 spiro atoms. The van der Waals surface area contributed by atoms with Crippen LogP contribution in [-0.4, -0.2) is 21.1 Å². The van der Waals surface area contributed by atoms with Crippen molar-refractivity contribution in [2.45, 2.75) is 12.8 Å². The van der Waals surface area contributed by atoms with Gasteiger partial charge in [0.1, 0.15) is 0 Å². The molecular weight excluding hydrogens is 412 g/mol. The second-order valence-electron chi connectivity index (χ2n) is 2.83. The summed E-state index contributed by atoms with van der Waals surface area (Å²) < 4.78 is 10.9. The molecule has 4 nitrogen and oxygen atoms in total. The highest BCUT2D eigenvalue weighted by atomic mass is 35.9. The van der Waals surface area contributed by atoms with E-state index in [1.165, 1.54) is 12.8 Å². The lowest BCUT2D eigenvalue weighted by Gasteiger charge is -2.33. The lowest BCUT2D eigenvalue weighted by molar-refractivity contribution is 0.198. The first-order valence-corrected chi connectivity index (χ1v) is 12.8. The molecule has 2 atom stereocenters. The molecule has 0 aromatic carbocycles. The third kappa shape index (κ3) is 5.54. The number of nitrogens with zero attached hydrogens (tertiary/aromatic N) is 3. The van der Waals surface area contributed by atoms with Crippen LogP contribution in [0.1, 0.15) is 12.8 Å². The molecule has 102 valence electrons. The van der Waals surface area contributed by atoms with Crippen LogP contribution in [0.3, 0.4) is 0 Å². The van der Waals surface area contributed by atoms with Crippen LogP contribution >= 0.6 is 89.6 Å². The molecule has 2 aliphatic rings. The fourth-order valence-corrected chi connectivity index (χ4v) is 12.9. The average molecular weight is 420 g/mol. The second-order valence-corrected chi connectivity index (χ2v) is 14.4. The van der Waals surface area contributed by atoms with Gasteiger partial charge >= 0.3 is 0 Å². The number of hydrogen-bond donors (Lipinski definition) is 0. The molecule has 17 heavy (non-hydrogen) atoms. The van der Waals surface area contributed by atoms with Crippen molar-refractivity contribution in [3.8, 4) is 0 Å².